The normalized spacial score (nSPS) is 17.2. The molecule has 0 aliphatic heterocycles. The minimum Gasteiger partial charge on any atom is -0.505 e. The van der Waals surface area contributed by atoms with Crippen molar-refractivity contribution in [3.05, 3.63) is 24.0 Å². The van der Waals surface area contributed by atoms with Crippen molar-refractivity contribution in [2.75, 3.05) is 7.05 Å². The third kappa shape index (κ3) is 2.81. The summed E-state index contributed by atoms with van der Waals surface area (Å²) in [5.74, 6) is -0.219. The Hall–Kier alpha value is -1.58. The number of carbonyl (C=O) groups is 1. The molecule has 0 bridgehead atoms. The minimum absolute atomic E-state index is 0.0389. The van der Waals surface area contributed by atoms with Crippen molar-refractivity contribution in [1.82, 2.24) is 9.88 Å². The number of hydrogen-bond acceptors (Lipinski definition) is 3. The van der Waals surface area contributed by atoms with Gasteiger partial charge in [-0.15, -0.1) is 0 Å². The van der Waals surface area contributed by atoms with Gasteiger partial charge >= 0.3 is 0 Å². The summed E-state index contributed by atoms with van der Waals surface area (Å²) in [6, 6.07) is 3.40. The van der Waals surface area contributed by atoms with Crippen LogP contribution in [0.5, 0.6) is 5.75 Å². The lowest BCUT2D eigenvalue weighted by molar-refractivity contribution is 0.0708. The second kappa shape index (κ2) is 5.85. The largest absolute Gasteiger partial charge is 0.505 e. The summed E-state index contributed by atoms with van der Waals surface area (Å²) in [5.41, 5.74) is 0.157. The lowest BCUT2D eigenvalue weighted by Gasteiger charge is -2.27. The molecule has 1 amide bonds. The van der Waals surface area contributed by atoms with Gasteiger partial charge in [0.2, 0.25) is 0 Å². The monoisotopic (exact) mass is 248 g/mol. The van der Waals surface area contributed by atoms with Crippen LogP contribution in [0.25, 0.3) is 0 Å². The van der Waals surface area contributed by atoms with Crippen molar-refractivity contribution >= 4 is 5.91 Å². The first-order valence-corrected chi connectivity index (χ1v) is 6.61. The second-order valence-corrected chi connectivity index (χ2v) is 4.93. The van der Waals surface area contributed by atoms with Gasteiger partial charge in [-0.2, -0.15) is 0 Å². The van der Waals surface area contributed by atoms with Crippen molar-refractivity contribution in [3.8, 4) is 5.75 Å². The number of aromatic nitrogens is 1. The summed E-state index contributed by atoms with van der Waals surface area (Å²) in [6.45, 7) is 0. The molecule has 0 atom stereocenters. The van der Waals surface area contributed by atoms with E-state index in [0.29, 0.717) is 0 Å². The van der Waals surface area contributed by atoms with Gasteiger partial charge in [-0.25, -0.2) is 4.98 Å². The van der Waals surface area contributed by atoms with Crippen molar-refractivity contribution < 1.29 is 9.90 Å². The third-order valence-electron chi connectivity index (χ3n) is 3.68. The Morgan fingerprint density at radius 1 is 1.33 bits per heavy atom. The molecule has 1 aromatic rings. The average molecular weight is 248 g/mol. The molecule has 4 heteroatoms. The van der Waals surface area contributed by atoms with Crippen LogP contribution in [0.2, 0.25) is 0 Å². The topological polar surface area (TPSA) is 53.4 Å². The molecule has 98 valence electrons. The fourth-order valence-electron chi connectivity index (χ4n) is 2.54. The summed E-state index contributed by atoms with van der Waals surface area (Å²) in [7, 11) is 1.81. The van der Waals surface area contributed by atoms with Crippen LogP contribution in [0.3, 0.4) is 0 Å². The molecule has 0 unspecified atom stereocenters. The van der Waals surface area contributed by atoms with Crippen LogP contribution in [0, 0.1) is 0 Å². The molecule has 4 nitrogen and oxygen atoms in total. The van der Waals surface area contributed by atoms with Gasteiger partial charge in [-0.05, 0) is 25.0 Å². The van der Waals surface area contributed by atoms with Crippen LogP contribution in [-0.2, 0) is 0 Å². The first-order valence-electron chi connectivity index (χ1n) is 6.61. The SMILES string of the molecule is CN(C(=O)c1ncccc1O)C1CCCCCC1. The number of nitrogens with zero attached hydrogens (tertiary/aromatic N) is 2. The van der Waals surface area contributed by atoms with Crippen LogP contribution >= 0.6 is 0 Å². The van der Waals surface area contributed by atoms with Gasteiger partial charge in [0.05, 0.1) is 0 Å². The zero-order valence-electron chi connectivity index (χ0n) is 10.8. The van der Waals surface area contributed by atoms with Crippen molar-refractivity contribution in [2.24, 2.45) is 0 Å². The van der Waals surface area contributed by atoms with E-state index in [1.165, 1.54) is 37.9 Å². The van der Waals surface area contributed by atoms with Crippen LogP contribution < -0.4 is 0 Å². The summed E-state index contributed by atoms with van der Waals surface area (Å²) < 4.78 is 0. The fraction of sp³-hybridized carbons (Fsp3) is 0.571. The number of carbonyl (C=O) groups excluding carboxylic acids is 1. The lowest BCUT2D eigenvalue weighted by Crippen LogP contribution is -2.37. The molecule has 0 spiro atoms. The first kappa shape index (κ1) is 12.9. The zero-order valence-corrected chi connectivity index (χ0v) is 10.8. The van der Waals surface area contributed by atoms with E-state index >= 15 is 0 Å². The molecule has 1 fully saturated rings. The van der Waals surface area contributed by atoms with Gasteiger partial charge in [0.15, 0.2) is 5.69 Å². The van der Waals surface area contributed by atoms with Crippen LogP contribution in [0.4, 0.5) is 0 Å². The fourth-order valence-corrected chi connectivity index (χ4v) is 2.54. The highest BCUT2D eigenvalue weighted by molar-refractivity contribution is 5.94. The van der Waals surface area contributed by atoms with E-state index in [-0.39, 0.29) is 23.4 Å². The van der Waals surface area contributed by atoms with Gasteiger partial charge < -0.3 is 10.0 Å². The third-order valence-corrected chi connectivity index (χ3v) is 3.68. The summed E-state index contributed by atoms with van der Waals surface area (Å²) in [4.78, 5) is 18.0. The highest BCUT2D eigenvalue weighted by Gasteiger charge is 2.24. The molecule has 1 N–H and O–H groups in total. The quantitative estimate of drug-likeness (QED) is 0.818. The summed E-state index contributed by atoms with van der Waals surface area (Å²) in [5, 5.41) is 9.67. The zero-order chi connectivity index (χ0) is 13.0. The number of aromatic hydroxyl groups is 1. The van der Waals surface area contributed by atoms with E-state index in [0.717, 1.165) is 12.8 Å². The maximum Gasteiger partial charge on any atom is 0.276 e. The number of pyridine rings is 1. The molecule has 1 saturated carbocycles. The van der Waals surface area contributed by atoms with E-state index in [1.807, 2.05) is 7.05 Å². The Labute approximate surface area is 108 Å². The van der Waals surface area contributed by atoms with Crippen molar-refractivity contribution in [3.63, 3.8) is 0 Å². The van der Waals surface area contributed by atoms with E-state index in [2.05, 4.69) is 4.98 Å². The molecule has 1 aliphatic rings. The Morgan fingerprint density at radius 3 is 2.61 bits per heavy atom. The lowest BCUT2D eigenvalue weighted by atomic mass is 10.1. The summed E-state index contributed by atoms with van der Waals surface area (Å²) in [6.07, 6.45) is 8.51. The van der Waals surface area contributed by atoms with Crippen molar-refractivity contribution in [1.29, 1.82) is 0 Å². The Bertz CT molecular complexity index is 412. The van der Waals surface area contributed by atoms with Gasteiger partial charge in [0.1, 0.15) is 5.75 Å². The molecular formula is C14H20N2O2. The Morgan fingerprint density at radius 2 is 2.00 bits per heavy atom. The molecule has 0 aromatic carbocycles. The van der Waals surface area contributed by atoms with Gasteiger partial charge in [0.25, 0.3) is 5.91 Å². The number of rotatable bonds is 2. The van der Waals surface area contributed by atoms with Crippen LogP contribution in [0.1, 0.15) is 49.0 Å². The molecule has 0 radical (unpaired) electrons. The molecule has 18 heavy (non-hydrogen) atoms. The standard InChI is InChI=1S/C14H20N2O2/c1-16(11-7-4-2-3-5-8-11)14(18)13-12(17)9-6-10-15-13/h6,9-11,17H,2-5,7-8H2,1H3. The first-order chi connectivity index (χ1) is 8.70. The second-order valence-electron chi connectivity index (χ2n) is 4.93. The maximum atomic E-state index is 12.3. The van der Waals surface area contributed by atoms with Gasteiger partial charge in [0, 0.05) is 19.3 Å². The molecule has 1 aliphatic carbocycles. The minimum atomic E-state index is -0.181. The number of amides is 1. The predicted molar refractivity (Wildman–Crippen MR) is 69.5 cm³/mol. The molecule has 1 aromatic heterocycles. The Balaban J connectivity index is 2.10. The average Bonchev–Trinajstić information content (AvgIpc) is 2.66. The van der Waals surface area contributed by atoms with Gasteiger partial charge in [-0.1, -0.05) is 25.7 Å². The van der Waals surface area contributed by atoms with E-state index in [4.69, 9.17) is 0 Å². The van der Waals surface area contributed by atoms with E-state index in [9.17, 15) is 9.90 Å². The van der Waals surface area contributed by atoms with Gasteiger partial charge in [-0.3, -0.25) is 4.79 Å². The molecule has 0 saturated heterocycles. The highest BCUT2D eigenvalue weighted by atomic mass is 16.3. The smallest absolute Gasteiger partial charge is 0.276 e. The molecule has 1 heterocycles. The van der Waals surface area contributed by atoms with Crippen LogP contribution in [-0.4, -0.2) is 34.0 Å². The molecule has 2 rings (SSSR count). The number of hydrogen-bond donors (Lipinski definition) is 1. The maximum absolute atomic E-state index is 12.3. The van der Waals surface area contributed by atoms with E-state index < -0.39 is 0 Å². The summed E-state index contributed by atoms with van der Waals surface area (Å²) >= 11 is 0. The highest BCUT2D eigenvalue weighted by Crippen LogP contribution is 2.23. The van der Waals surface area contributed by atoms with Crippen LogP contribution in [0.15, 0.2) is 18.3 Å². The van der Waals surface area contributed by atoms with E-state index in [1.54, 1.807) is 11.0 Å². The molecular weight excluding hydrogens is 228 g/mol. The Kier molecular flexibility index (Phi) is 4.18. The predicted octanol–water partition coefficient (Wildman–Crippen LogP) is 2.58. The van der Waals surface area contributed by atoms with Crippen molar-refractivity contribution in [2.45, 2.75) is 44.6 Å².